The molecule has 0 aliphatic heterocycles. The van der Waals surface area contributed by atoms with Crippen LogP contribution in [-0.4, -0.2) is 49.0 Å². The SMILES string of the molecule is COc1ccc2cc(-n3nnc4cnc(N[C@@H]5CC[C@@H](C(N)=O)C5)nc43)ccc2n1. The first kappa shape index (κ1) is 18.2. The highest BCUT2D eigenvalue weighted by Crippen LogP contribution is 2.27. The van der Waals surface area contributed by atoms with Crippen LogP contribution in [0.4, 0.5) is 5.95 Å². The van der Waals surface area contributed by atoms with Gasteiger partial charge in [-0.05, 0) is 43.5 Å². The van der Waals surface area contributed by atoms with Crippen LogP contribution in [0.25, 0.3) is 27.8 Å². The predicted octanol–water partition coefficient (Wildman–Crippen LogP) is 1.83. The molecule has 10 nitrogen and oxygen atoms in total. The first-order valence-electron chi connectivity index (χ1n) is 9.70. The quantitative estimate of drug-likeness (QED) is 0.515. The van der Waals surface area contributed by atoms with Crippen molar-refractivity contribution in [1.82, 2.24) is 29.9 Å². The van der Waals surface area contributed by atoms with Crippen molar-refractivity contribution >= 4 is 33.9 Å². The maximum atomic E-state index is 11.4. The number of primary amides is 1. The number of fused-ring (bicyclic) bond motifs is 2. The van der Waals surface area contributed by atoms with Crippen molar-refractivity contribution in [1.29, 1.82) is 0 Å². The van der Waals surface area contributed by atoms with Crippen molar-refractivity contribution in [3.63, 3.8) is 0 Å². The fourth-order valence-corrected chi connectivity index (χ4v) is 3.86. The molecule has 1 fully saturated rings. The second-order valence-electron chi connectivity index (χ2n) is 7.39. The van der Waals surface area contributed by atoms with Crippen molar-refractivity contribution in [3.05, 3.63) is 36.5 Å². The molecule has 0 saturated heterocycles. The van der Waals surface area contributed by atoms with Crippen LogP contribution in [0, 0.1) is 5.92 Å². The average molecular weight is 404 g/mol. The maximum absolute atomic E-state index is 11.4. The minimum absolute atomic E-state index is 0.0942. The van der Waals surface area contributed by atoms with E-state index in [0.717, 1.165) is 29.4 Å². The van der Waals surface area contributed by atoms with Crippen molar-refractivity contribution in [2.24, 2.45) is 11.7 Å². The van der Waals surface area contributed by atoms with Gasteiger partial charge in [0.25, 0.3) is 0 Å². The Balaban J connectivity index is 1.46. The molecular formula is C20H20N8O2. The summed E-state index contributed by atoms with van der Waals surface area (Å²) >= 11 is 0. The van der Waals surface area contributed by atoms with E-state index in [1.807, 2.05) is 30.3 Å². The summed E-state index contributed by atoms with van der Waals surface area (Å²) in [7, 11) is 1.59. The van der Waals surface area contributed by atoms with Crippen molar-refractivity contribution in [2.75, 3.05) is 12.4 Å². The van der Waals surface area contributed by atoms with Gasteiger partial charge < -0.3 is 15.8 Å². The number of methoxy groups -OCH3 is 1. The lowest BCUT2D eigenvalue weighted by Crippen LogP contribution is -2.23. The Morgan fingerprint density at radius 2 is 2.10 bits per heavy atom. The number of rotatable bonds is 5. The van der Waals surface area contributed by atoms with E-state index in [-0.39, 0.29) is 17.9 Å². The lowest BCUT2D eigenvalue weighted by Gasteiger charge is -2.12. The molecule has 1 amide bonds. The molecule has 5 rings (SSSR count). The van der Waals surface area contributed by atoms with E-state index in [9.17, 15) is 4.79 Å². The molecule has 0 bridgehead atoms. The van der Waals surface area contributed by atoms with E-state index in [0.29, 0.717) is 29.4 Å². The minimum atomic E-state index is -0.249. The van der Waals surface area contributed by atoms with Gasteiger partial charge in [0, 0.05) is 23.4 Å². The van der Waals surface area contributed by atoms with Crippen molar-refractivity contribution in [2.45, 2.75) is 25.3 Å². The molecule has 1 aromatic carbocycles. The molecule has 1 aliphatic rings. The Labute approximate surface area is 171 Å². The van der Waals surface area contributed by atoms with E-state index in [2.05, 4.69) is 30.6 Å². The number of anilines is 1. The summed E-state index contributed by atoms with van der Waals surface area (Å²) in [6.45, 7) is 0. The van der Waals surface area contributed by atoms with Crippen molar-refractivity contribution < 1.29 is 9.53 Å². The molecule has 4 aromatic rings. The van der Waals surface area contributed by atoms with Crippen LogP contribution in [-0.2, 0) is 4.79 Å². The van der Waals surface area contributed by atoms with Gasteiger partial charge in [0.05, 0.1) is 24.5 Å². The van der Waals surface area contributed by atoms with E-state index in [4.69, 9.17) is 10.5 Å². The largest absolute Gasteiger partial charge is 0.481 e. The Morgan fingerprint density at radius 1 is 1.20 bits per heavy atom. The number of nitrogens with zero attached hydrogens (tertiary/aromatic N) is 6. The molecule has 152 valence electrons. The average Bonchev–Trinajstić information content (AvgIpc) is 3.40. The Morgan fingerprint density at radius 3 is 2.90 bits per heavy atom. The van der Waals surface area contributed by atoms with Crippen LogP contribution in [0.5, 0.6) is 5.88 Å². The Bertz CT molecular complexity index is 1250. The summed E-state index contributed by atoms with van der Waals surface area (Å²) in [5.74, 6) is 0.702. The zero-order valence-electron chi connectivity index (χ0n) is 16.3. The number of ether oxygens (including phenoxy) is 1. The van der Waals surface area contributed by atoms with E-state index < -0.39 is 0 Å². The number of hydrogen-bond acceptors (Lipinski definition) is 8. The van der Waals surface area contributed by atoms with Gasteiger partial charge in [0.1, 0.15) is 0 Å². The van der Waals surface area contributed by atoms with Gasteiger partial charge in [0.15, 0.2) is 11.2 Å². The topological polar surface area (TPSA) is 134 Å². The second-order valence-corrected chi connectivity index (χ2v) is 7.39. The Kier molecular flexibility index (Phi) is 4.38. The van der Waals surface area contributed by atoms with E-state index in [1.54, 1.807) is 18.0 Å². The number of aromatic nitrogens is 6. The highest BCUT2D eigenvalue weighted by atomic mass is 16.5. The van der Waals surface area contributed by atoms with Gasteiger partial charge in [-0.2, -0.15) is 9.67 Å². The standard InChI is InChI=1S/C20H20N8O2/c1-30-17-7-3-11-9-14(5-6-15(11)24-17)28-19-16(26-27-28)10-22-20(25-19)23-13-4-2-12(8-13)18(21)29/h3,5-7,9-10,12-13H,2,4,8H2,1H3,(H2,21,29)(H,22,23,25)/t12-,13-/m1/s1. The number of benzene rings is 1. The molecule has 1 saturated carbocycles. The number of nitrogens with one attached hydrogen (secondary N) is 1. The molecule has 30 heavy (non-hydrogen) atoms. The normalized spacial score (nSPS) is 18.7. The van der Waals surface area contributed by atoms with Crippen LogP contribution in [0.1, 0.15) is 19.3 Å². The molecule has 10 heteroatoms. The van der Waals surface area contributed by atoms with Crippen LogP contribution in [0.2, 0.25) is 0 Å². The summed E-state index contributed by atoms with van der Waals surface area (Å²) < 4.78 is 6.85. The minimum Gasteiger partial charge on any atom is -0.481 e. The fraction of sp³-hybridized carbons (Fsp3) is 0.300. The summed E-state index contributed by atoms with van der Waals surface area (Å²) in [6, 6.07) is 9.67. The molecule has 1 aliphatic carbocycles. The molecular weight excluding hydrogens is 384 g/mol. The summed E-state index contributed by atoms with van der Waals surface area (Å²) in [5.41, 5.74) is 8.25. The number of pyridine rings is 1. The molecule has 0 radical (unpaired) electrons. The molecule has 0 unspecified atom stereocenters. The highest BCUT2D eigenvalue weighted by Gasteiger charge is 2.28. The highest BCUT2D eigenvalue weighted by molar-refractivity contribution is 5.82. The van der Waals surface area contributed by atoms with Crippen LogP contribution < -0.4 is 15.8 Å². The number of amides is 1. The molecule has 2 atom stereocenters. The zero-order chi connectivity index (χ0) is 20.7. The smallest absolute Gasteiger partial charge is 0.225 e. The first-order chi connectivity index (χ1) is 14.6. The fourth-order valence-electron chi connectivity index (χ4n) is 3.86. The molecule has 3 aromatic heterocycles. The van der Waals surface area contributed by atoms with Gasteiger partial charge in [-0.15, -0.1) is 5.10 Å². The summed E-state index contributed by atoms with van der Waals surface area (Å²) in [5, 5.41) is 12.7. The molecule has 0 spiro atoms. The third kappa shape index (κ3) is 3.25. The van der Waals surface area contributed by atoms with Gasteiger partial charge in [-0.3, -0.25) is 4.79 Å². The molecule has 3 heterocycles. The summed E-state index contributed by atoms with van der Waals surface area (Å²) in [6.07, 6.45) is 3.97. The van der Waals surface area contributed by atoms with Gasteiger partial charge in [0.2, 0.25) is 17.7 Å². The zero-order valence-corrected chi connectivity index (χ0v) is 16.3. The number of nitrogens with two attached hydrogens (primary N) is 1. The van der Waals surface area contributed by atoms with Crippen LogP contribution in [0.15, 0.2) is 36.5 Å². The predicted molar refractivity (Wildman–Crippen MR) is 110 cm³/mol. The van der Waals surface area contributed by atoms with Gasteiger partial charge in [-0.1, -0.05) is 5.21 Å². The van der Waals surface area contributed by atoms with Crippen molar-refractivity contribution in [3.8, 4) is 11.6 Å². The third-order valence-electron chi connectivity index (χ3n) is 5.46. The number of carbonyl (C=O) groups is 1. The lowest BCUT2D eigenvalue weighted by molar-refractivity contribution is -0.121. The van der Waals surface area contributed by atoms with Crippen LogP contribution in [0.3, 0.4) is 0 Å². The molecule has 3 N–H and O–H groups in total. The Hall–Kier alpha value is -3.82. The third-order valence-corrected chi connectivity index (χ3v) is 5.46. The summed E-state index contributed by atoms with van der Waals surface area (Å²) in [4.78, 5) is 24.8. The second kappa shape index (κ2) is 7.21. The van der Waals surface area contributed by atoms with Crippen LogP contribution >= 0.6 is 0 Å². The maximum Gasteiger partial charge on any atom is 0.225 e. The van der Waals surface area contributed by atoms with E-state index >= 15 is 0 Å². The lowest BCUT2D eigenvalue weighted by atomic mass is 10.1. The van der Waals surface area contributed by atoms with Gasteiger partial charge >= 0.3 is 0 Å². The number of hydrogen-bond donors (Lipinski definition) is 2. The monoisotopic (exact) mass is 404 g/mol. The first-order valence-corrected chi connectivity index (χ1v) is 9.70. The number of carbonyl (C=O) groups excluding carboxylic acids is 1. The van der Waals surface area contributed by atoms with E-state index in [1.165, 1.54) is 0 Å². The van der Waals surface area contributed by atoms with Gasteiger partial charge in [-0.25, -0.2) is 9.97 Å².